The highest BCUT2D eigenvalue weighted by Crippen LogP contribution is 2.31. The molecule has 0 unspecified atom stereocenters. The summed E-state index contributed by atoms with van der Waals surface area (Å²) in [5.41, 5.74) is 2.24. The SMILES string of the molecule is COc1ccc(NC(=O)c2csc(Br)c2)cc1OCc1ccncc1. The third kappa shape index (κ3) is 4.58. The molecule has 0 fully saturated rings. The topological polar surface area (TPSA) is 60.5 Å². The quantitative estimate of drug-likeness (QED) is 0.627. The van der Waals surface area contributed by atoms with Crippen LogP contribution >= 0.6 is 27.3 Å². The number of pyridine rings is 1. The number of methoxy groups -OCH3 is 1. The van der Waals surface area contributed by atoms with E-state index in [2.05, 4.69) is 26.2 Å². The van der Waals surface area contributed by atoms with E-state index in [-0.39, 0.29) is 5.91 Å². The zero-order valence-corrected chi connectivity index (χ0v) is 15.8. The second-order valence-corrected chi connectivity index (χ2v) is 7.39. The van der Waals surface area contributed by atoms with Gasteiger partial charge < -0.3 is 14.8 Å². The van der Waals surface area contributed by atoms with Crippen LogP contribution < -0.4 is 14.8 Å². The molecule has 0 atom stereocenters. The number of rotatable bonds is 6. The van der Waals surface area contributed by atoms with Gasteiger partial charge in [-0.15, -0.1) is 11.3 Å². The van der Waals surface area contributed by atoms with Crippen molar-refractivity contribution < 1.29 is 14.3 Å². The molecule has 0 saturated carbocycles. The molecule has 0 aliphatic heterocycles. The van der Waals surface area contributed by atoms with E-state index in [1.807, 2.05) is 12.1 Å². The summed E-state index contributed by atoms with van der Waals surface area (Å²) in [6.45, 7) is 0.383. The van der Waals surface area contributed by atoms with Crippen LogP contribution in [-0.2, 0) is 6.61 Å². The summed E-state index contributed by atoms with van der Waals surface area (Å²) in [7, 11) is 1.58. The molecule has 0 aliphatic rings. The Morgan fingerprint density at radius 3 is 2.68 bits per heavy atom. The number of nitrogens with one attached hydrogen (secondary N) is 1. The maximum atomic E-state index is 12.3. The van der Waals surface area contributed by atoms with Crippen LogP contribution in [0.4, 0.5) is 5.69 Å². The van der Waals surface area contributed by atoms with Crippen LogP contribution in [0.15, 0.2) is 58.0 Å². The summed E-state index contributed by atoms with van der Waals surface area (Å²) < 4.78 is 12.1. The molecule has 1 N–H and O–H groups in total. The Kier molecular flexibility index (Phi) is 5.67. The number of halogens is 1. The molecular weight excluding hydrogens is 404 g/mol. The largest absolute Gasteiger partial charge is 0.493 e. The van der Waals surface area contributed by atoms with Crippen molar-refractivity contribution in [2.75, 3.05) is 12.4 Å². The summed E-state index contributed by atoms with van der Waals surface area (Å²) in [6.07, 6.45) is 3.43. The Bertz CT molecular complexity index is 868. The van der Waals surface area contributed by atoms with Gasteiger partial charge in [-0.3, -0.25) is 9.78 Å². The highest BCUT2D eigenvalue weighted by atomic mass is 79.9. The first kappa shape index (κ1) is 17.4. The molecule has 1 amide bonds. The van der Waals surface area contributed by atoms with Gasteiger partial charge in [-0.2, -0.15) is 0 Å². The molecule has 7 heteroatoms. The van der Waals surface area contributed by atoms with E-state index in [1.165, 1.54) is 11.3 Å². The Hall–Kier alpha value is -2.38. The van der Waals surface area contributed by atoms with Crippen molar-refractivity contribution in [1.82, 2.24) is 4.98 Å². The van der Waals surface area contributed by atoms with Crippen molar-refractivity contribution >= 4 is 38.9 Å². The van der Waals surface area contributed by atoms with Gasteiger partial charge in [0.15, 0.2) is 11.5 Å². The number of hydrogen-bond acceptors (Lipinski definition) is 5. The number of hydrogen-bond donors (Lipinski definition) is 1. The number of carbonyl (C=O) groups excluding carboxylic acids is 1. The molecule has 0 bridgehead atoms. The molecular formula is C18H15BrN2O3S. The van der Waals surface area contributed by atoms with Gasteiger partial charge in [0.2, 0.25) is 0 Å². The number of anilines is 1. The molecule has 0 radical (unpaired) electrons. The van der Waals surface area contributed by atoms with Crippen LogP contribution in [0.2, 0.25) is 0 Å². The maximum absolute atomic E-state index is 12.3. The molecule has 2 aromatic heterocycles. The molecule has 128 valence electrons. The normalized spacial score (nSPS) is 10.3. The van der Waals surface area contributed by atoms with E-state index < -0.39 is 0 Å². The standard InChI is InChI=1S/C18H15BrN2O3S/c1-23-15-3-2-14(21-18(22)13-8-17(19)25-11-13)9-16(15)24-10-12-4-6-20-7-5-12/h2-9,11H,10H2,1H3,(H,21,22). The van der Waals surface area contributed by atoms with Crippen LogP contribution in [0.25, 0.3) is 0 Å². The molecule has 0 saturated heterocycles. The minimum Gasteiger partial charge on any atom is -0.493 e. The van der Waals surface area contributed by atoms with Gasteiger partial charge in [-0.1, -0.05) is 0 Å². The lowest BCUT2D eigenvalue weighted by molar-refractivity contribution is 0.102. The van der Waals surface area contributed by atoms with E-state index >= 15 is 0 Å². The van der Waals surface area contributed by atoms with Gasteiger partial charge in [-0.25, -0.2) is 0 Å². The molecule has 0 spiro atoms. The van der Waals surface area contributed by atoms with E-state index in [1.54, 1.807) is 49.1 Å². The number of carbonyl (C=O) groups is 1. The number of benzene rings is 1. The highest BCUT2D eigenvalue weighted by molar-refractivity contribution is 9.11. The lowest BCUT2D eigenvalue weighted by Gasteiger charge is -2.13. The van der Waals surface area contributed by atoms with Crippen molar-refractivity contribution in [1.29, 1.82) is 0 Å². The Morgan fingerprint density at radius 1 is 1.20 bits per heavy atom. The van der Waals surface area contributed by atoms with E-state index in [4.69, 9.17) is 9.47 Å². The first-order valence-electron chi connectivity index (χ1n) is 7.41. The van der Waals surface area contributed by atoms with Crippen LogP contribution in [-0.4, -0.2) is 18.0 Å². The predicted molar refractivity (Wildman–Crippen MR) is 102 cm³/mol. The lowest BCUT2D eigenvalue weighted by atomic mass is 10.2. The first-order chi connectivity index (χ1) is 12.2. The Balaban J connectivity index is 1.74. The zero-order chi connectivity index (χ0) is 17.6. The molecule has 3 aromatic rings. The number of ether oxygens (including phenoxy) is 2. The molecule has 3 rings (SSSR count). The Labute approximate surface area is 157 Å². The average molecular weight is 419 g/mol. The molecule has 1 aromatic carbocycles. The summed E-state index contributed by atoms with van der Waals surface area (Å²) in [6, 6.07) is 10.8. The van der Waals surface area contributed by atoms with Crippen molar-refractivity contribution in [3.05, 3.63) is 69.1 Å². The summed E-state index contributed by atoms with van der Waals surface area (Å²) in [5.74, 6) is 0.987. The molecule has 0 aliphatic carbocycles. The predicted octanol–water partition coefficient (Wildman–Crippen LogP) is 4.75. The molecule has 25 heavy (non-hydrogen) atoms. The second-order valence-electron chi connectivity index (χ2n) is 5.10. The highest BCUT2D eigenvalue weighted by Gasteiger charge is 2.11. The molecule has 5 nitrogen and oxygen atoms in total. The average Bonchev–Trinajstić information content (AvgIpc) is 3.07. The van der Waals surface area contributed by atoms with Crippen LogP contribution in [0.5, 0.6) is 11.5 Å². The Morgan fingerprint density at radius 2 is 2.00 bits per heavy atom. The van der Waals surface area contributed by atoms with Crippen molar-refractivity contribution in [3.63, 3.8) is 0 Å². The number of aromatic nitrogens is 1. The van der Waals surface area contributed by atoms with Gasteiger partial charge in [0.05, 0.1) is 16.5 Å². The minimum atomic E-state index is -0.174. The van der Waals surface area contributed by atoms with Gasteiger partial charge in [0.1, 0.15) is 6.61 Å². The summed E-state index contributed by atoms with van der Waals surface area (Å²) in [5, 5.41) is 4.66. The fraction of sp³-hybridized carbons (Fsp3) is 0.111. The van der Waals surface area contributed by atoms with Gasteiger partial charge >= 0.3 is 0 Å². The second kappa shape index (κ2) is 8.13. The van der Waals surface area contributed by atoms with Gasteiger partial charge in [0, 0.05) is 29.5 Å². The summed E-state index contributed by atoms with van der Waals surface area (Å²) in [4.78, 5) is 16.2. The smallest absolute Gasteiger partial charge is 0.256 e. The minimum absolute atomic E-state index is 0.174. The third-order valence-corrected chi connectivity index (χ3v) is 4.90. The third-order valence-electron chi connectivity index (χ3n) is 3.39. The van der Waals surface area contributed by atoms with E-state index in [9.17, 15) is 4.79 Å². The zero-order valence-electron chi connectivity index (χ0n) is 13.4. The van der Waals surface area contributed by atoms with E-state index in [0.29, 0.717) is 29.4 Å². The summed E-state index contributed by atoms with van der Waals surface area (Å²) >= 11 is 4.82. The van der Waals surface area contributed by atoms with Crippen LogP contribution in [0.1, 0.15) is 15.9 Å². The van der Waals surface area contributed by atoms with Crippen molar-refractivity contribution in [3.8, 4) is 11.5 Å². The number of amides is 1. The van der Waals surface area contributed by atoms with Crippen LogP contribution in [0, 0.1) is 0 Å². The maximum Gasteiger partial charge on any atom is 0.256 e. The first-order valence-corrected chi connectivity index (χ1v) is 9.08. The number of thiophene rings is 1. The van der Waals surface area contributed by atoms with Crippen LogP contribution in [0.3, 0.4) is 0 Å². The fourth-order valence-electron chi connectivity index (χ4n) is 2.14. The van der Waals surface area contributed by atoms with Crippen molar-refractivity contribution in [2.24, 2.45) is 0 Å². The van der Waals surface area contributed by atoms with E-state index in [0.717, 1.165) is 9.35 Å². The van der Waals surface area contributed by atoms with Gasteiger partial charge in [0.25, 0.3) is 5.91 Å². The number of nitrogens with zero attached hydrogens (tertiary/aromatic N) is 1. The molecule has 2 heterocycles. The monoisotopic (exact) mass is 418 g/mol. The fourth-order valence-corrected chi connectivity index (χ4v) is 3.28. The lowest BCUT2D eigenvalue weighted by Crippen LogP contribution is -2.11. The van der Waals surface area contributed by atoms with Crippen molar-refractivity contribution in [2.45, 2.75) is 6.61 Å². The van der Waals surface area contributed by atoms with Gasteiger partial charge in [-0.05, 0) is 51.8 Å².